The highest BCUT2D eigenvalue weighted by Gasteiger charge is 2.12. The number of hydrogen-bond acceptors (Lipinski definition) is 3. The van der Waals surface area contributed by atoms with Crippen LogP contribution in [0.4, 0.5) is 5.69 Å². The summed E-state index contributed by atoms with van der Waals surface area (Å²) in [5, 5.41) is 2.88. The number of carbonyl (C=O) groups is 1. The predicted octanol–water partition coefficient (Wildman–Crippen LogP) is 4.81. The molecule has 0 unspecified atom stereocenters. The van der Waals surface area contributed by atoms with E-state index >= 15 is 0 Å². The lowest BCUT2D eigenvalue weighted by Crippen LogP contribution is -2.12. The van der Waals surface area contributed by atoms with Crippen molar-refractivity contribution in [2.24, 2.45) is 0 Å². The molecule has 0 aliphatic rings. The molecule has 1 amide bonds. The number of amides is 1. The second-order valence-electron chi connectivity index (χ2n) is 5.13. The Morgan fingerprint density at radius 3 is 2.61 bits per heavy atom. The minimum absolute atomic E-state index is 0.188. The molecule has 0 spiro atoms. The van der Waals surface area contributed by atoms with Gasteiger partial charge in [-0.25, -0.2) is 0 Å². The molecule has 23 heavy (non-hydrogen) atoms. The fourth-order valence-corrected chi connectivity index (χ4v) is 2.31. The number of nitrogens with one attached hydrogen (secondary N) is 1. The Labute approximate surface area is 144 Å². The first-order valence-corrected chi connectivity index (χ1v) is 8.22. The molecule has 2 aromatic rings. The zero-order chi connectivity index (χ0) is 16.8. The summed E-state index contributed by atoms with van der Waals surface area (Å²) < 4.78 is 11.9. The molecule has 2 aromatic carbocycles. The molecule has 2 rings (SSSR count). The maximum absolute atomic E-state index is 12.4. The van der Waals surface area contributed by atoms with E-state index in [4.69, 9.17) is 9.47 Å². The summed E-state index contributed by atoms with van der Waals surface area (Å²) in [6.07, 6.45) is 0.911. The van der Waals surface area contributed by atoms with Crippen LogP contribution in [-0.4, -0.2) is 19.6 Å². The van der Waals surface area contributed by atoms with Gasteiger partial charge in [0.15, 0.2) is 11.5 Å². The summed E-state index contributed by atoms with van der Waals surface area (Å²) in [6, 6.07) is 10.9. The third kappa shape index (κ3) is 4.48. The van der Waals surface area contributed by atoms with Gasteiger partial charge < -0.3 is 14.8 Å². The number of aryl methyl sites for hydroxylation is 1. The van der Waals surface area contributed by atoms with Gasteiger partial charge >= 0.3 is 0 Å². The van der Waals surface area contributed by atoms with Gasteiger partial charge in [-0.05, 0) is 55.3 Å². The number of methoxy groups -OCH3 is 1. The predicted molar refractivity (Wildman–Crippen MR) is 95.6 cm³/mol. The van der Waals surface area contributed by atoms with Crippen LogP contribution in [0.2, 0.25) is 0 Å². The smallest absolute Gasteiger partial charge is 0.255 e. The second kappa shape index (κ2) is 8.02. The van der Waals surface area contributed by atoms with Gasteiger partial charge in [-0.2, -0.15) is 0 Å². The molecule has 0 aliphatic heterocycles. The summed E-state index contributed by atoms with van der Waals surface area (Å²) in [5.74, 6) is 1.01. The standard InChI is InChI=1S/C18H20BrNO3/c1-4-9-23-16-8-5-13(11-17(16)22-3)18(21)20-14-6-7-15(19)12(2)10-14/h5-8,10-11H,4,9H2,1-3H3,(H,20,21). The Morgan fingerprint density at radius 2 is 1.96 bits per heavy atom. The van der Waals surface area contributed by atoms with Crippen molar-refractivity contribution in [3.8, 4) is 11.5 Å². The molecule has 0 aromatic heterocycles. The molecular weight excluding hydrogens is 358 g/mol. The lowest BCUT2D eigenvalue weighted by Gasteiger charge is -2.12. The van der Waals surface area contributed by atoms with Crippen molar-refractivity contribution in [2.75, 3.05) is 19.0 Å². The number of halogens is 1. The topological polar surface area (TPSA) is 47.6 Å². The molecular formula is C18H20BrNO3. The Kier molecular flexibility index (Phi) is 6.04. The highest BCUT2D eigenvalue weighted by Crippen LogP contribution is 2.29. The molecule has 0 bridgehead atoms. The van der Waals surface area contributed by atoms with Crippen molar-refractivity contribution < 1.29 is 14.3 Å². The quantitative estimate of drug-likeness (QED) is 0.785. The van der Waals surface area contributed by atoms with Gasteiger partial charge in [-0.1, -0.05) is 22.9 Å². The molecule has 0 radical (unpaired) electrons. The van der Waals surface area contributed by atoms with Crippen LogP contribution < -0.4 is 14.8 Å². The summed E-state index contributed by atoms with van der Waals surface area (Å²) in [4.78, 5) is 12.4. The SMILES string of the molecule is CCCOc1ccc(C(=O)Nc2ccc(Br)c(C)c2)cc1OC. The van der Waals surface area contributed by atoms with Crippen LogP contribution in [0.25, 0.3) is 0 Å². The highest BCUT2D eigenvalue weighted by atomic mass is 79.9. The maximum Gasteiger partial charge on any atom is 0.255 e. The molecule has 0 heterocycles. The van der Waals surface area contributed by atoms with Gasteiger partial charge in [0.2, 0.25) is 0 Å². The number of hydrogen-bond donors (Lipinski definition) is 1. The van der Waals surface area contributed by atoms with Crippen molar-refractivity contribution >= 4 is 27.5 Å². The van der Waals surface area contributed by atoms with Crippen LogP contribution in [0.5, 0.6) is 11.5 Å². The van der Waals surface area contributed by atoms with E-state index in [-0.39, 0.29) is 5.91 Å². The summed E-state index contributed by atoms with van der Waals surface area (Å²) in [6.45, 7) is 4.62. The van der Waals surface area contributed by atoms with E-state index in [1.165, 1.54) is 0 Å². The van der Waals surface area contributed by atoms with Crippen LogP contribution in [0.15, 0.2) is 40.9 Å². The van der Waals surface area contributed by atoms with Crippen LogP contribution in [0, 0.1) is 6.92 Å². The number of ether oxygens (including phenoxy) is 2. The fourth-order valence-electron chi connectivity index (χ4n) is 2.07. The van der Waals surface area contributed by atoms with Crippen LogP contribution >= 0.6 is 15.9 Å². The highest BCUT2D eigenvalue weighted by molar-refractivity contribution is 9.10. The van der Waals surface area contributed by atoms with Crippen molar-refractivity contribution in [2.45, 2.75) is 20.3 Å². The fraction of sp³-hybridized carbons (Fsp3) is 0.278. The van der Waals surface area contributed by atoms with Gasteiger partial charge in [0.25, 0.3) is 5.91 Å². The molecule has 0 saturated carbocycles. The van der Waals surface area contributed by atoms with Crippen LogP contribution in [0.3, 0.4) is 0 Å². The summed E-state index contributed by atoms with van der Waals surface area (Å²) in [7, 11) is 1.56. The molecule has 0 saturated heterocycles. The van der Waals surface area contributed by atoms with Crippen LogP contribution in [-0.2, 0) is 0 Å². The lowest BCUT2D eigenvalue weighted by atomic mass is 10.1. The largest absolute Gasteiger partial charge is 0.493 e. The molecule has 0 fully saturated rings. The first-order valence-electron chi connectivity index (χ1n) is 7.43. The Morgan fingerprint density at radius 1 is 1.17 bits per heavy atom. The van der Waals surface area contributed by atoms with Crippen molar-refractivity contribution in [1.29, 1.82) is 0 Å². The van der Waals surface area contributed by atoms with Gasteiger partial charge in [-0.3, -0.25) is 4.79 Å². The second-order valence-corrected chi connectivity index (χ2v) is 5.99. The monoisotopic (exact) mass is 377 g/mol. The third-order valence-electron chi connectivity index (χ3n) is 3.30. The van der Waals surface area contributed by atoms with Crippen LogP contribution in [0.1, 0.15) is 29.3 Å². The molecule has 4 nitrogen and oxygen atoms in total. The zero-order valence-corrected chi connectivity index (χ0v) is 15.1. The number of benzene rings is 2. The van der Waals surface area contributed by atoms with E-state index < -0.39 is 0 Å². The van der Waals surface area contributed by atoms with Crippen molar-refractivity contribution in [3.05, 3.63) is 52.0 Å². The third-order valence-corrected chi connectivity index (χ3v) is 4.19. The van der Waals surface area contributed by atoms with E-state index in [1.54, 1.807) is 25.3 Å². The molecule has 0 aliphatic carbocycles. The summed E-state index contributed by atoms with van der Waals surface area (Å²) in [5.41, 5.74) is 2.33. The van der Waals surface area contributed by atoms with E-state index in [9.17, 15) is 4.79 Å². The average molecular weight is 378 g/mol. The molecule has 122 valence electrons. The Balaban J connectivity index is 2.16. The zero-order valence-electron chi connectivity index (χ0n) is 13.5. The molecule has 1 N–H and O–H groups in total. The van der Waals surface area contributed by atoms with Gasteiger partial charge in [0.05, 0.1) is 13.7 Å². The average Bonchev–Trinajstić information content (AvgIpc) is 2.56. The van der Waals surface area contributed by atoms with E-state index in [2.05, 4.69) is 21.2 Å². The number of carbonyl (C=O) groups excluding carboxylic acids is 1. The van der Waals surface area contributed by atoms with E-state index in [0.717, 1.165) is 22.1 Å². The number of anilines is 1. The van der Waals surface area contributed by atoms with E-state index in [1.807, 2.05) is 32.0 Å². The minimum atomic E-state index is -0.188. The first kappa shape index (κ1) is 17.3. The van der Waals surface area contributed by atoms with E-state index in [0.29, 0.717) is 23.7 Å². The first-order chi connectivity index (χ1) is 11.0. The maximum atomic E-state index is 12.4. The normalized spacial score (nSPS) is 10.3. The Hall–Kier alpha value is -2.01. The molecule has 5 heteroatoms. The number of rotatable bonds is 6. The van der Waals surface area contributed by atoms with Crippen molar-refractivity contribution in [3.63, 3.8) is 0 Å². The van der Waals surface area contributed by atoms with Gasteiger partial charge in [0, 0.05) is 15.7 Å². The summed E-state index contributed by atoms with van der Waals surface area (Å²) >= 11 is 3.44. The lowest BCUT2D eigenvalue weighted by molar-refractivity contribution is 0.102. The van der Waals surface area contributed by atoms with Crippen molar-refractivity contribution in [1.82, 2.24) is 0 Å². The minimum Gasteiger partial charge on any atom is -0.493 e. The van der Waals surface area contributed by atoms with Gasteiger partial charge in [0.1, 0.15) is 0 Å². The Bertz CT molecular complexity index is 701. The van der Waals surface area contributed by atoms with Gasteiger partial charge in [-0.15, -0.1) is 0 Å². The molecule has 0 atom stereocenters.